The predicted molar refractivity (Wildman–Crippen MR) is 66.9 cm³/mol. The minimum atomic E-state index is 0.226. The zero-order valence-corrected chi connectivity index (χ0v) is 11.1. The van der Waals surface area contributed by atoms with Crippen molar-refractivity contribution in [3.63, 3.8) is 0 Å². The van der Waals surface area contributed by atoms with Gasteiger partial charge in [0.1, 0.15) is 5.78 Å². The number of hydrogen-bond acceptors (Lipinski definition) is 4. The number of carbonyl (C=O) groups excluding carboxylic acids is 2. The molecule has 0 radical (unpaired) electrons. The van der Waals surface area contributed by atoms with Crippen LogP contribution in [0.25, 0.3) is 0 Å². The summed E-state index contributed by atoms with van der Waals surface area (Å²) in [5.41, 5.74) is 0. The van der Waals surface area contributed by atoms with Crippen molar-refractivity contribution in [3.05, 3.63) is 0 Å². The van der Waals surface area contributed by atoms with E-state index in [9.17, 15) is 9.59 Å². The molecule has 2 heterocycles. The third kappa shape index (κ3) is 5.28. The predicted octanol–water partition coefficient (Wildman–Crippen LogP) is -0.329. The van der Waals surface area contributed by atoms with Crippen LogP contribution in [-0.4, -0.2) is 80.3 Å². The number of ketones is 1. The van der Waals surface area contributed by atoms with Crippen molar-refractivity contribution in [2.45, 2.75) is 12.8 Å². The third-order valence-corrected chi connectivity index (χ3v) is 3.09. The molecule has 2 saturated heterocycles. The van der Waals surface area contributed by atoms with Crippen LogP contribution < -0.4 is 0 Å². The summed E-state index contributed by atoms with van der Waals surface area (Å²) in [7, 11) is 5.79. The Morgan fingerprint density at radius 1 is 0.882 bits per heavy atom. The van der Waals surface area contributed by atoms with Crippen LogP contribution in [0.15, 0.2) is 0 Å². The summed E-state index contributed by atoms with van der Waals surface area (Å²) in [6.07, 6.45) is 1.85. The van der Waals surface area contributed by atoms with Crippen LogP contribution in [0.4, 0.5) is 0 Å². The summed E-state index contributed by atoms with van der Waals surface area (Å²) >= 11 is 0. The summed E-state index contributed by atoms with van der Waals surface area (Å²) in [6.45, 7) is 4.21. The second-order valence-corrected chi connectivity index (χ2v) is 4.93. The van der Waals surface area contributed by atoms with Crippen LogP contribution in [-0.2, 0) is 9.59 Å². The van der Waals surface area contributed by atoms with Gasteiger partial charge in [0.05, 0.1) is 13.1 Å². The summed E-state index contributed by atoms with van der Waals surface area (Å²) in [5, 5.41) is 0. The first kappa shape index (κ1) is 14.1. The number of amides is 1. The molecule has 5 heteroatoms. The largest absolute Gasteiger partial charge is 0.343 e. The Hall–Kier alpha value is -0.940. The number of carbonyl (C=O) groups is 2. The molecule has 0 saturated carbocycles. The topological polar surface area (TPSA) is 43.9 Å². The minimum absolute atomic E-state index is 0.226. The van der Waals surface area contributed by atoms with E-state index in [1.807, 2.05) is 26.0 Å². The van der Waals surface area contributed by atoms with E-state index in [2.05, 4.69) is 4.90 Å². The highest BCUT2D eigenvalue weighted by Crippen LogP contribution is 2.01. The van der Waals surface area contributed by atoms with Crippen molar-refractivity contribution in [1.82, 2.24) is 14.7 Å². The molecule has 0 unspecified atom stereocenters. The van der Waals surface area contributed by atoms with Gasteiger partial charge in [-0.15, -0.1) is 0 Å². The molecular weight excluding hydrogens is 218 g/mol. The van der Waals surface area contributed by atoms with Crippen molar-refractivity contribution in [2.24, 2.45) is 0 Å². The number of piperazine rings is 1. The highest BCUT2D eigenvalue weighted by Gasteiger charge is 2.16. The fourth-order valence-corrected chi connectivity index (χ4v) is 1.88. The van der Waals surface area contributed by atoms with Gasteiger partial charge in [-0.25, -0.2) is 0 Å². The average Bonchev–Trinajstić information content (AvgIpc) is 2.24. The maximum absolute atomic E-state index is 10.9. The summed E-state index contributed by atoms with van der Waals surface area (Å²) in [5.74, 6) is 0.613. The first-order chi connectivity index (χ1) is 7.99. The standard InChI is InChI=1S/C6H12N2O.C6H11NO/c1-7-3-4-8(2)6(9)5-7;1-7-4-2-3-6(8)5-7/h3-5H2,1-2H3;2-5H2,1H3. The smallest absolute Gasteiger partial charge is 0.236 e. The van der Waals surface area contributed by atoms with Gasteiger partial charge in [0, 0.05) is 26.6 Å². The molecule has 2 aliphatic rings. The first-order valence-corrected chi connectivity index (χ1v) is 6.12. The van der Waals surface area contributed by atoms with Crippen LogP contribution in [0.3, 0.4) is 0 Å². The highest BCUT2D eigenvalue weighted by atomic mass is 16.2. The fraction of sp³-hybridized carbons (Fsp3) is 0.833. The van der Waals surface area contributed by atoms with Crippen LogP contribution in [0.2, 0.25) is 0 Å². The molecule has 0 N–H and O–H groups in total. The molecule has 5 nitrogen and oxygen atoms in total. The van der Waals surface area contributed by atoms with E-state index in [4.69, 9.17) is 0 Å². The van der Waals surface area contributed by atoms with Gasteiger partial charge in [0.15, 0.2) is 0 Å². The monoisotopic (exact) mass is 241 g/mol. The van der Waals surface area contributed by atoms with E-state index in [1.165, 1.54) is 0 Å². The molecule has 0 aromatic carbocycles. The van der Waals surface area contributed by atoms with Gasteiger partial charge < -0.3 is 4.90 Å². The Labute approximate surface area is 103 Å². The zero-order valence-electron chi connectivity index (χ0n) is 11.1. The molecule has 0 aromatic heterocycles. The Bertz CT molecular complexity index is 281. The van der Waals surface area contributed by atoms with Gasteiger partial charge in [-0.05, 0) is 27.1 Å². The molecule has 0 bridgehead atoms. The molecule has 0 atom stereocenters. The lowest BCUT2D eigenvalue weighted by molar-refractivity contribution is -0.133. The third-order valence-electron chi connectivity index (χ3n) is 3.09. The number of Topliss-reactive ketones (excluding diaryl/α,β-unsaturated/α-hetero) is 1. The lowest BCUT2D eigenvalue weighted by atomic mass is 10.1. The van der Waals surface area contributed by atoms with E-state index in [1.54, 1.807) is 4.90 Å². The molecule has 2 rings (SSSR count). The second kappa shape index (κ2) is 6.71. The Morgan fingerprint density at radius 2 is 1.53 bits per heavy atom. The number of nitrogens with zero attached hydrogens (tertiary/aromatic N) is 3. The molecule has 0 spiro atoms. The zero-order chi connectivity index (χ0) is 12.8. The number of rotatable bonds is 0. The Morgan fingerprint density at radius 3 is 1.94 bits per heavy atom. The van der Waals surface area contributed by atoms with Crippen LogP contribution >= 0.6 is 0 Å². The van der Waals surface area contributed by atoms with E-state index >= 15 is 0 Å². The maximum atomic E-state index is 10.9. The van der Waals surface area contributed by atoms with E-state index < -0.39 is 0 Å². The van der Waals surface area contributed by atoms with Crippen molar-refractivity contribution < 1.29 is 9.59 Å². The molecule has 0 aliphatic carbocycles. The van der Waals surface area contributed by atoms with Crippen LogP contribution in [0.5, 0.6) is 0 Å². The van der Waals surface area contributed by atoms with E-state index in [-0.39, 0.29) is 5.91 Å². The lowest BCUT2D eigenvalue weighted by Crippen LogP contribution is -2.46. The maximum Gasteiger partial charge on any atom is 0.236 e. The van der Waals surface area contributed by atoms with Crippen molar-refractivity contribution >= 4 is 11.7 Å². The van der Waals surface area contributed by atoms with Crippen LogP contribution in [0, 0.1) is 0 Å². The molecule has 2 fully saturated rings. The van der Waals surface area contributed by atoms with E-state index in [0.29, 0.717) is 18.9 Å². The van der Waals surface area contributed by atoms with Gasteiger partial charge in [0.2, 0.25) is 5.91 Å². The quantitative estimate of drug-likeness (QED) is 0.582. The van der Waals surface area contributed by atoms with Gasteiger partial charge >= 0.3 is 0 Å². The summed E-state index contributed by atoms with van der Waals surface area (Å²) < 4.78 is 0. The second-order valence-electron chi connectivity index (χ2n) is 4.93. The van der Waals surface area contributed by atoms with Gasteiger partial charge in [-0.1, -0.05) is 0 Å². The van der Waals surface area contributed by atoms with Crippen molar-refractivity contribution in [2.75, 3.05) is 53.9 Å². The molecule has 0 aromatic rings. The first-order valence-electron chi connectivity index (χ1n) is 6.12. The van der Waals surface area contributed by atoms with Gasteiger partial charge in [-0.3, -0.25) is 19.4 Å². The number of hydrogen-bond donors (Lipinski definition) is 0. The van der Waals surface area contributed by atoms with Gasteiger partial charge in [0.25, 0.3) is 0 Å². The Kier molecular flexibility index (Phi) is 5.58. The van der Waals surface area contributed by atoms with Crippen LogP contribution in [0.1, 0.15) is 12.8 Å². The highest BCUT2D eigenvalue weighted by molar-refractivity contribution is 5.81. The number of piperidine rings is 1. The van der Waals surface area contributed by atoms with Crippen molar-refractivity contribution in [1.29, 1.82) is 0 Å². The molecule has 2 aliphatic heterocycles. The lowest BCUT2D eigenvalue weighted by Gasteiger charge is -2.28. The Balaban J connectivity index is 0.000000171. The fourth-order valence-electron chi connectivity index (χ4n) is 1.88. The molecule has 1 amide bonds. The van der Waals surface area contributed by atoms with Crippen molar-refractivity contribution in [3.8, 4) is 0 Å². The van der Waals surface area contributed by atoms with Gasteiger partial charge in [-0.2, -0.15) is 0 Å². The number of likely N-dealkylation sites (tertiary alicyclic amines) is 1. The molecular formula is C12H23N3O2. The average molecular weight is 241 g/mol. The minimum Gasteiger partial charge on any atom is -0.343 e. The summed E-state index contributed by atoms with van der Waals surface area (Å²) in [6, 6.07) is 0. The number of likely N-dealkylation sites (N-methyl/N-ethyl adjacent to an activating group) is 3. The van der Waals surface area contributed by atoms with E-state index in [0.717, 1.165) is 32.5 Å². The molecule has 98 valence electrons. The normalized spacial score (nSPS) is 23.4. The SMILES string of the molecule is CN1CCCC(=O)C1.CN1CCN(C)C(=O)C1. The summed E-state index contributed by atoms with van der Waals surface area (Å²) in [4.78, 5) is 27.4. The molecule has 17 heavy (non-hydrogen) atoms.